The van der Waals surface area contributed by atoms with Crippen molar-refractivity contribution in [3.8, 4) is 11.5 Å². The molecule has 4 aromatic rings. The Hall–Kier alpha value is -3.38. The van der Waals surface area contributed by atoms with Crippen LogP contribution in [0.3, 0.4) is 0 Å². The number of hydrogen-bond donors (Lipinski definition) is 1. The molecule has 0 saturated heterocycles. The van der Waals surface area contributed by atoms with Gasteiger partial charge in [-0.2, -0.15) is 0 Å². The Labute approximate surface area is 185 Å². The maximum absolute atomic E-state index is 12.3. The zero-order valence-corrected chi connectivity index (χ0v) is 18.5. The highest BCUT2D eigenvalue weighted by atomic mass is 32.1. The fourth-order valence-electron chi connectivity index (χ4n) is 3.38. The van der Waals surface area contributed by atoms with E-state index < -0.39 is 0 Å². The van der Waals surface area contributed by atoms with Crippen LogP contribution in [-0.4, -0.2) is 24.6 Å². The minimum atomic E-state index is -0.250. The minimum absolute atomic E-state index is 0.0827. The summed E-state index contributed by atoms with van der Waals surface area (Å²) in [6.45, 7) is 4.30. The van der Waals surface area contributed by atoms with Crippen molar-refractivity contribution < 1.29 is 14.3 Å². The van der Waals surface area contributed by atoms with Gasteiger partial charge in [0.2, 0.25) is 0 Å². The molecular formula is C25H24N2O3S. The van der Waals surface area contributed by atoms with E-state index in [9.17, 15) is 4.79 Å². The lowest BCUT2D eigenvalue weighted by Gasteiger charge is -2.26. The molecule has 1 N–H and O–H groups in total. The lowest BCUT2D eigenvalue weighted by molar-refractivity contribution is -0.118. The highest BCUT2D eigenvalue weighted by molar-refractivity contribution is 7.22. The lowest BCUT2D eigenvalue weighted by Crippen LogP contribution is -2.20. The number of aromatic nitrogens is 1. The maximum atomic E-state index is 12.3. The second kappa shape index (κ2) is 8.78. The second-order valence-electron chi connectivity index (χ2n) is 7.70. The quantitative estimate of drug-likeness (QED) is 0.410. The van der Waals surface area contributed by atoms with Gasteiger partial charge in [0.15, 0.2) is 11.7 Å². The van der Waals surface area contributed by atoms with Gasteiger partial charge in [-0.1, -0.05) is 67.6 Å². The molecule has 0 spiro atoms. The van der Waals surface area contributed by atoms with Gasteiger partial charge in [0, 0.05) is 5.41 Å². The third-order valence-corrected chi connectivity index (χ3v) is 6.22. The molecule has 31 heavy (non-hydrogen) atoms. The number of benzene rings is 3. The maximum Gasteiger partial charge on any atom is 0.264 e. The van der Waals surface area contributed by atoms with E-state index in [4.69, 9.17) is 9.47 Å². The highest BCUT2D eigenvalue weighted by Crippen LogP contribution is 2.32. The lowest BCUT2D eigenvalue weighted by atomic mass is 9.78. The van der Waals surface area contributed by atoms with Gasteiger partial charge in [0.05, 0.1) is 17.3 Å². The van der Waals surface area contributed by atoms with Crippen molar-refractivity contribution in [2.24, 2.45) is 0 Å². The number of ether oxygens (including phenoxy) is 2. The average molecular weight is 433 g/mol. The van der Waals surface area contributed by atoms with E-state index in [1.54, 1.807) is 7.11 Å². The van der Waals surface area contributed by atoms with Gasteiger partial charge >= 0.3 is 0 Å². The zero-order valence-electron chi connectivity index (χ0n) is 17.7. The molecule has 0 atom stereocenters. The van der Waals surface area contributed by atoms with Crippen molar-refractivity contribution in [2.45, 2.75) is 19.3 Å². The standard InChI is InChI=1S/C25H24N2O3S/c1-25(2,17-7-5-4-6-8-17)18-9-11-19(12-10-18)30-16-23(28)27-24-26-21-14-13-20(29-3)15-22(21)31-24/h4-15H,16H2,1-3H3,(H,26,27,28). The van der Waals surface area contributed by atoms with Crippen LogP contribution in [0.25, 0.3) is 10.2 Å². The predicted octanol–water partition coefficient (Wildman–Crippen LogP) is 5.65. The molecule has 0 bridgehead atoms. The normalized spacial score (nSPS) is 11.3. The van der Waals surface area contributed by atoms with Crippen LogP contribution in [0.4, 0.5) is 5.13 Å². The second-order valence-corrected chi connectivity index (χ2v) is 8.74. The number of anilines is 1. The molecule has 0 radical (unpaired) electrons. The summed E-state index contributed by atoms with van der Waals surface area (Å²) in [4.78, 5) is 16.7. The van der Waals surface area contributed by atoms with E-state index in [0.29, 0.717) is 10.9 Å². The molecule has 1 aromatic heterocycles. The molecule has 0 fully saturated rings. The summed E-state index contributed by atoms with van der Waals surface area (Å²) in [6, 6.07) is 23.9. The van der Waals surface area contributed by atoms with Crippen LogP contribution in [0.1, 0.15) is 25.0 Å². The Morgan fingerprint density at radius 3 is 2.35 bits per heavy atom. The smallest absolute Gasteiger partial charge is 0.264 e. The van der Waals surface area contributed by atoms with Crippen LogP contribution < -0.4 is 14.8 Å². The molecule has 6 heteroatoms. The molecular weight excluding hydrogens is 408 g/mol. The van der Waals surface area contributed by atoms with Gasteiger partial charge in [0.1, 0.15) is 11.5 Å². The Bertz CT molecular complexity index is 1180. The summed E-state index contributed by atoms with van der Waals surface area (Å²) in [5, 5.41) is 3.34. The molecule has 0 aliphatic carbocycles. The topological polar surface area (TPSA) is 60.5 Å². The van der Waals surface area contributed by atoms with E-state index in [0.717, 1.165) is 16.0 Å². The Morgan fingerprint density at radius 2 is 1.65 bits per heavy atom. The highest BCUT2D eigenvalue weighted by Gasteiger charge is 2.22. The number of hydrogen-bond acceptors (Lipinski definition) is 5. The van der Waals surface area contributed by atoms with Crippen molar-refractivity contribution in [1.82, 2.24) is 4.98 Å². The molecule has 3 aromatic carbocycles. The van der Waals surface area contributed by atoms with E-state index in [-0.39, 0.29) is 17.9 Å². The number of carbonyl (C=O) groups excluding carboxylic acids is 1. The Balaban J connectivity index is 1.36. The summed E-state index contributed by atoms with van der Waals surface area (Å²) in [5.41, 5.74) is 3.13. The van der Waals surface area contributed by atoms with Crippen molar-refractivity contribution >= 4 is 32.6 Å². The summed E-state index contributed by atoms with van der Waals surface area (Å²) in [7, 11) is 1.62. The van der Waals surface area contributed by atoms with Crippen molar-refractivity contribution in [2.75, 3.05) is 19.0 Å². The first-order valence-corrected chi connectivity index (χ1v) is 10.8. The number of rotatable bonds is 7. The number of amides is 1. The van der Waals surface area contributed by atoms with Gasteiger partial charge < -0.3 is 9.47 Å². The first-order valence-electron chi connectivity index (χ1n) is 9.99. The van der Waals surface area contributed by atoms with Crippen LogP contribution in [0.5, 0.6) is 11.5 Å². The largest absolute Gasteiger partial charge is 0.497 e. The van der Waals surface area contributed by atoms with Crippen LogP contribution in [0.2, 0.25) is 0 Å². The Kier molecular flexibility index (Phi) is 5.91. The van der Waals surface area contributed by atoms with Gasteiger partial charge in [-0.15, -0.1) is 0 Å². The fraction of sp³-hybridized carbons (Fsp3) is 0.200. The molecule has 0 saturated carbocycles. The molecule has 1 amide bonds. The average Bonchev–Trinajstić information content (AvgIpc) is 3.19. The van der Waals surface area contributed by atoms with E-state index in [1.807, 2.05) is 48.5 Å². The molecule has 1 heterocycles. The number of methoxy groups -OCH3 is 1. The molecule has 4 rings (SSSR count). The number of carbonyl (C=O) groups is 1. The van der Waals surface area contributed by atoms with Crippen LogP contribution in [-0.2, 0) is 10.2 Å². The van der Waals surface area contributed by atoms with Crippen molar-refractivity contribution in [1.29, 1.82) is 0 Å². The summed E-state index contributed by atoms with van der Waals surface area (Å²) < 4.78 is 11.8. The number of thiazole rings is 1. The zero-order chi connectivity index (χ0) is 21.8. The van der Waals surface area contributed by atoms with Gasteiger partial charge in [0.25, 0.3) is 5.91 Å². The van der Waals surface area contributed by atoms with Crippen LogP contribution in [0.15, 0.2) is 72.8 Å². The molecule has 0 aliphatic heterocycles. The molecule has 158 valence electrons. The summed E-state index contributed by atoms with van der Waals surface area (Å²) >= 11 is 1.40. The van der Waals surface area contributed by atoms with Crippen molar-refractivity contribution in [3.63, 3.8) is 0 Å². The SMILES string of the molecule is COc1ccc2nc(NC(=O)COc3ccc(C(C)(C)c4ccccc4)cc3)sc2c1. The summed E-state index contributed by atoms with van der Waals surface area (Å²) in [5.74, 6) is 1.16. The Morgan fingerprint density at radius 1 is 0.968 bits per heavy atom. The van der Waals surface area contributed by atoms with E-state index in [1.165, 1.54) is 22.5 Å². The minimum Gasteiger partial charge on any atom is -0.497 e. The predicted molar refractivity (Wildman–Crippen MR) is 125 cm³/mol. The fourth-order valence-corrected chi connectivity index (χ4v) is 4.29. The third-order valence-electron chi connectivity index (χ3n) is 5.28. The van der Waals surface area contributed by atoms with E-state index in [2.05, 4.69) is 48.4 Å². The van der Waals surface area contributed by atoms with Crippen molar-refractivity contribution in [3.05, 3.63) is 83.9 Å². The van der Waals surface area contributed by atoms with Crippen LogP contribution >= 0.6 is 11.3 Å². The molecule has 0 unspecified atom stereocenters. The third kappa shape index (κ3) is 4.70. The van der Waals surface area contributed by atoms with E-state index >= 15 is 0 Å². The van der Waals surface area contributed by atoms with Gasteiger partial charge in [-0.05, 0) is 41.5 Å². The van der Waals surface area contributed by atoms with Crippen LogP contribution in [0, 0.1) is 0 Å². The monoisotopic (exact) mass is 432 g/mol. The molecule has 0 aliphatic rings. The summed E-state index contributed by atoms with van der Waals surface area (Å²) in [6.07, 6.45) is 0. The van der Waals surface area contributed by atoms with Gasteiger partial charge in [-0.3, -0.25) is 10.1 Å². The number of nitrogens with zero attached hydrogens (tertiary/aromatic N) is 1. The number of nitrogens with one attached hydrogen (secondary N) is 1. The van der Waals surface area contributed by atoms with Gasteiger partial charge in [-0.25, -0.2) is 4.98 Å². The number of fused-ring (bicyclic) bond motifs is 1. The first kappa shape index (κ1) is 20.9. The molecule has 5 nitrogen and oxygen atoms in total. The first-order chi connectivity index (χ1) is 15.0.